The normalized spacial score (nSPS) is 11.0. The number of aliphatic carboxylic acids is 2. The molecule has 0 aliphatic carbocycles. The van der Waals surface area contributed by atoms with Crippen molar-refractivity contribution in [1.29, 1.82) is 0 Å². The lowest BCUT2D eigenvalue weighted by Crippen LogP contribution is -2.32. The summed E-state index contributed by atoms with van der Waals surface area (Å²) in [6.45, 7) is 7.04. The van der Waals surface area contributed by atoms with E-state index >= 15 is 0 Å². The van der Waals surface area contributed by atoms with Gasteiger partial charge in [0, 0.05) is 24.7 Å². The topological polar surface area (TPSA) is 202 Å². The molecule has 11 heteroatoms. The van der Waals surface area contributed by atoms with E-state index in [9.17, 15) is 14.4 Å². The van der Waals surface area contributed by atoms with E-state index in [-0.39, 0.29) is 39.0 Å². The Morgan fingerprint density at radius 3 is 1.26 bits per heavy atom. The van der Waals surface area contributed by atoms with Gasteiger partial charge in [0.05, 0.1) is 26.4 Å². The monoisotopic (exact) mass is 556 g/mol. The van der Waals surface area contributed by atoms with Gasteiger partial charge in [-0.2, -0.15) is 0 Å². The molecular weight excluding hydrogens is 500 g/mol. The summed E-state index contributed by atoms with van der Waals surface area (Å²) in [5.41, 5.74) is -0.667. The van der Waals surface area contributed by atoms with Crippen LogP contribution in [0.25, 0.3) is 0 Å². The molecule has 0 amide bonds. The zero-order chi connectivity index (χ0) is 30.2. The van der Waals surface area contributed by atoms with Gasteiger partial charge in [0.15, 0.2) is 0 Å². The first-order valence-electron chi connectivity index (χ1n) is 13.7. The van der Waals surface area contributed by atoms with Gasteiger partial charge < -0.3 is 40.5 Å². The first-order valence-corrected chi connectivity index (χ1v) is 13.7. The Morgan fingerprint density at radius 1 is 0.658 bits per heavy atom. The highest BCUT2D eigenvalue weighted by molar-refractivity contribution is 5.69. The van der Waals surface area contributed by atoms with Crippen LogP contribution in [-0.2, 0) is 19.1 Å². The molecule has 0 rings (SSSR count). The highest BCUT2D eigenvalue weighted by atomic mass is 16.5. The lowest BCUT2D eigenvalue weighted by molar-refractivity contribution is -0.147. The van der Waals surface area contributed by atoms with Gasteiger partial charge in [-0.25, -0.2) is 0 Å². The van der Waals surface area contributed by atoms with Crippen molar-refractivity contribution in [3.8, 4) is 0 Å². The van der Waals surface area contributed by atoms with Crippen molar-refractivity contribution in [3.63, 3.8) is 0 Å². The average molecular weight is 557 g/mol. The van der Waals surface area contributed by atoms with Gasteiger partial charge in [-0.1, -0.05) is 66.2 Å². The summed E-state index contributed by atoms with van der Waals surface area (Å²) in [7, 11) is 0. The Kier molecular flexibility index (Phi) is 37.8. The fraction of sp³-hybridized carbons (Fsp3) is 0.889. The molecule has 0 aromatic carbocycles. The smallest absolute Gasteiger partial charge is 0.305 e. The van der Waals surface area contributed by atoms with Crippen LogP contribution in [0.15, 0.2) is 0 Å². The van der Waals surface area contributed by atoms with Gasteiger partial charge in [-0.3, -0.25) is 14.4 Å². The maximum absolute atomic E-state index is 10.9. The number of hydrogen-bond donors (Lipinski definition) is 7. The van der Waals surface area contributed by atoms with Gasteiger partial charge in [0.1, 0.15) is 12.7 Å². The zero-order valence-electron chi connectivity index (χ0n) is 24.1. The first-order chi connectivity index (χ1) is 18.0. The van der Waals surface area contributed by atoms with E-state index in [1.807, 2.05) is 6.92 Å². The summed E-state index contributed by atoms with van der Waals surface area (Å²) in [5, 5.41) is 59.5. The summed E-state index contributed by atoms with van der Waals surface area (Å²) in [6, 6.07) is 0. The minimum absolute atomic E-state index is 0.110. The molecule has 0 saturated heterocycles. The molecule has 0 aromatic heterocycles. The second-order valence-electron chi connectivity index (χ2n) is 9.01. The lowest BCUT2D eigenvalue weighted by Gasteiger charge is -2.24. The van der Waals surface area contributed by atoms with E-state index in [2.05, 4.69) is 20.8 Å². The van der Waals surface area contributed by atoms with Crippen molar-refractivity contribution in [2.24, 2.45) is 5.41 Å². The number of unbranched alkanes of at least 4 members (excludes halogenated alkanes) is 6. The molecule has 0 bridgehead atoms. The van der Waals surface area contributed by atoms with Crippen molar-refractivity contribution in [2.75, 3.05) is 33.0 Å². The molecular formula is C27H56O11. The number of carbonyl (C=O) groups excluding carboxylic acids is 1. The molecule has 1 atom stereocenters. The van der Waals surface area contributed by atoms with Gasteiger partial charge >= 0.3 is 17.9 Å². The summed E-state index contributed by atoms with van der Waals surface area (Å²) in [4.78, 5) is 30.7. The minimum atomic E-state index is -0.949. The predicted molar refractivity (Wildman–Crippen MR) is 146 cm³/mol. The molecule has 7 N–H and O–H groups in total. The third kappa shape index (κ3) is 36.4. The second-order valence-corrected chi connectivity index (χ2v) is 9.01. The highest BCUT2D eigenvalue weighted by Crippen LogP contribution is 2.18. The molecule has 0 aliphatic rings. The van der Waals surface area contributed by atoms with Crippen LogP contribution in [-0.4, -0.2) is 92.8 Å². The number of ether oxygens (including phenoxy) is 1. The highest BCUT2D eigenvalue weighted by Gasteiger charge is 2.24. The van der Waals surface area contributed by atoms with Crippen molar-refractivity contribution in [2.45, 2.75) is 117 Å². The Balaban J connectivity index is -0.000000208. The van der Waals surface area contributed by atoms with Crippen LogP contribution < -0.4 is 0 Å². The minimum Gasteiger partial charge on any atom is -0.481 e. The van der Waals surface area contributed by atoms with Crippen LogP contribution >= 0.6 is 0 Å². The molecule has 0 saturated carbocycles. The quantitative estimate of drug-likeness (QED) is 0.0909. The number of carboxylic acids is 2. The standard InChI is InChI=1S/C9H18O4.C6H14O3.2C6H12O2/c1-2-3-4-5-9(12)13-7-8(11)6-10;1-2-6(3-7,4-8)5-9;2*1-2-3-4-5-6(7)8/h8,10-11H,2-7H2,1H3;7-9H,2-5H2,1H3;2*2-5H2,1H3,(H,7,8). The molecule has 11 nitrogen and oxygen atoms in total. The van der Waals surface area contributed by atoms with Crippen LogP contribution in [0.2, 0.25) is 0 Å². The molecule has 0 heterocycles. The van der Waals surface area contributed by atoms with Crippen LogP contribution in [0.3, 0.4) is 0 Å². The predicted octanol–water partition coefficient (Wildman–Crippen LogP) is 3.13. The van der Waals surface area contributed by atoms with E-state index in [4.69, 9.17) is 40.5 Å². The van der Waals surface area contributed by atoms with Crippen LogP contribution in [0.5, 0.6) is 0 Å². The maximum Gasteiger partial charge on any atom is 0.305 e. The largest absolute Gasteiger partial charge is 0.481 e. The van der Waals surface area contributed by atoms with Crippen molar-refractivity contribution >= 4 is 17.9 Å². The molecule has 0 radical (unpaired) electrons. The van der Waals surface area contributed by atoms with E-state index in [0.29, 0.717) is 25.7 Å². The Labute approximate surface area is 228 Å². The molecule has 0 aromatic rings. The number of rotatable bonds is 19. The number of aliphatic hydroxyl groups is 5. The molecule has 38 heavy (non-hydrogen) atoms. The van der Waals surface area contributed by atoms with Crippen LogP contribution in [0, 0.1) is 5.41 Å². The average Bonchev–Trinajstić information content (AvgIpc) is 2.90. The fourth-order valence-corrected chi connectivity index (χ4v) is 2.37. The maximum atomic E-state index is 10.9. The lowest BCUT2D eigenvalue weighted by atomic mass is 9.88. The number of carboxylic acid groups (broad SMARTS) is 2. The summed E-state index contributed by atoms with van der Waals surface area (Å²) in [6.07, 6.45) is 9.49. The second kappa shape index (κ2) is 33.2. The van der Waals surface area contributed by atoms with Crippen molar-refractivity contribution in [3.05, 3.63) is 0 Å². The van der Waals surface area contributed by atoms with E-state index in [0.717, 1.165) is 57.8 Å². The SMILES string of the molecule is CCC(CO)(CO)CO.CCCCCC(=O)O.CCCCCC(=O)O.CCCCCC(=O)OCC(O)CO. The summed E-state index contributed by atoms with van der Waals surface area (Å²) in [5.74, 6) is -1.67. The van der Waals surface area contributed by atoms with Gasteiger partial charge in [0.2, 0.25) is 0 Å². The van der Waals surface area contributed by atoms with Gasteiger partial charge in [-0.05, 0) is 25.7 Å². The van der Waals surface area contributed by atoms with Crippen LogP contribution in [0.4, 0.5) is 0 Å². The van der Waals surface area contributed by atoms with E-state index < -0.39 is 23.5 Å². The number of esters is 1. The third-order valence-corrected chi connectivity index (χ3v) is 5.38. The Morgan fingerprint density at radius 2 is 1.03 bits per heavy atom. The molecule has 0 aliphatic heterocycles. The summed E-state index contributed by atoms with van der Waals surface area (Å²) < 4.78 is 4.69. The Bertz CT molecular complexity index is 486. The summed E-state index contributed by atoms with van der Waals surface area (Å²) >= 11 is 0. The fourth-order valence-electron chi connectivity index (χ4n) is 2.37. The number of aliphatic hydroxyl groups excluding tert-OH is 5. The molecule has 230 valence electrons. The third-order valence-electron chi connectivity index (χ3n) is 5.38. The molecule has 0 spiro atoms. The van der Waals surface area contributed by atoms with E-state index in [1.54, 1.807) is 0 Å². The Hall–Kier alpha value is -1.79. The van der Waals surface area contributed by atoms with Crippen molar-refractivity contribution in [1.82, 2.24) is 0 Å². The first kappa shape index (κ1) is 43.3. The molecule has 0 fully saturated rings. The van der Waals surface area contributed by atoms with Crippen molar-refractivity contribution < 1.29 is 54.9 Å². The van der Waals surface area contributed by atoms with E-state index in [1.165, 1.54) is 0 Å². The number of hydrogen-bond acceptors (Lipinski definition) is 9. The van der Waals surface area contributed by atoms with Gasteiger partial charge in [0.25, 0.3) is 0 Å². The van der Waals surface area contributed by atoms with Gasteiger partial charge in [-0.15, -0.1) is 0 Å². The molecule has 1 unspecified atom stereocenters. The number of carbonyl (C=O) groups is 3. The van der Waals surface area contributed by atoms with Crippen LogP contribution in [0.1, 0.15) is 111 Å². The zero-order valence-corrected chi connectivity index (χ0v) is 24.1.